The van der Waals surface area contributed by atoms with Gasteiger partial charge in [-0.05, 0) is 152 Å². The summed E-state index contributed by atoms with van der Waals surface area (Å²) in [4.78, 5) is 25.6. The lowest BCUT2D eigenvalue weighted by Crippen LogP contribution is -2.49. The van der Waals surface area contributed by atoms with Gasteiger partial charge >= 0.3 is 11.9 Å². The van der Waals surface area contributed by atoms with Crippen LogP contribution in [0.3, 0.4) is 0 Å². The molecule has 0 heterocycles. The van der Waals surface area contributed by atoms with Gasteiger partial charge in [-0.15, -0.1) is 6.42 Å². The second kappa shape index (κ2) is 8.48. The molecule has 0 aliphatic heterocycles. The number of hydrogen-bond donors (Lipinski definition) is 2. The van der Waals surface area contributed by atoms with Gasteiger partial charge in [0.2, 0.25) is 0 Å². The van der Waals surface area contributed by atoms with Crippen LogP contribution in [0.15, 0.2) is 30.3 Å². The molecule has 0 aromatic heterocycles. The summed E-state index contributed by atoms with van der Waals surface area (Å²) in [7, 11) is 0. The highest BCUT2D eigenvalue weighted by molar-refractivity contribution is 6.04. The van der Waals surface area contributed by atoms with Gasteiger partial charge < -0.3 is 10.2 Å². The third kappa shape index (κ3) is 3.52. The number of carboxylic acid groups (broad SMARTS) is 2. The molecule has 8 bridgehead atoms. The SMILES string of the molecule is C#Cc1c(C23CC4CC(CC(C4)C2)C3)ccc(-c2ccc(C34CC5CC(CC(C5)C3)C4)cc2C(=O)O)c1C(=O)O. The largest absolute Gasteiger partial charge is 0.478 e. The van der Waals surface area contributed by atoms with Crippen LogP contribution in [0.1, 0.15) is 114 Å². The summed E-state index contributed by atoms with van der Waals surface area (Å²) in [6.45, 7) is 0. The lowest BCUT2D eigenvalue weighted by molar-refractivity contribution is -0.00543. The molecule has 206 valence electrons. The maximum absolute atomic E-state index is 12.9. The number of terminal acetylenes is 1. The molecule has 0 unspecified atom stereocenters. The highest BCUT2D eigenvalue weighted by atomic mass is 16.4. The van der Waals surface area contributed by atoms with E-state index in [1.165, 1.54) is 38.5 Å². The van der Waals surface area contributed by atoms with E-state index in [2.05, 4.69) is 18.1 Å². The van der Waals surface area contributed by atoms with Crippen LogP contribution in [-0.2, 0) is 10.8 Å². The van der Waals surface area contributed by atoms with E-state index in [-0.39, 0.29) is 22.0 Å². The standard InChI is InChI=1S/C36H38O4/c1-2-27-31(36-17-23-10-24(18-36)12-25(11-23)19-36)6-5-29(32(27)34(39)40)28-4-3-26(13-30(28)33(37)38)35-14-20-7-21(15-35)9-22(8-20)16-35/h1,3-6,13,20-25H,7-12,14-19H2,(H,37,38)(H,39,40). The van der Waals surface area contributed by atoms with E-state index in [9.17, 15) is 19.8 Å². The summed E-state index contributed by atoms with van der Waals surface area (Å²) in [6.07, 6.45) is 20.7. The van der Waals surface area contributed by atoms with E-state index < -0.39 is 11.9 Å². The zero-order chi connectivity index (χ0) is 27.4. The monoisotopic (exact) mass is 534 g/mol. The predicted octanol–water partition coefficient (Wildman–Crippen LogP) is 7.67. The van der Waals surface area contributed by atoms with Crippen LogP contribution in [0, 0.1) is 47.9 Å². The Hall–Kier alpha value is -3.06. The molecule has 0 spiro atoms. The minimum atomic E-state index is -1.07. The Morgan fingerprint density at radius 1 is 0.675 bits per heavy atom. The fourth-order valence-electron chi connectivity index (χ4n) is 11.8. The van der Waals surface area contributed by atoms with Crippen molar-refractivity contribution in [3.8, 4) is 23.5 Å². The Kier molecular flexibility index (Phi) is 5.24. The zero-order valence-electron chi connectivity index (χ0n) is 23.1. The van der Waals surface area contributed by atoms with Crippen molar-refractivity contribution in [2.24, 2.45) is 35.5 Å². The van der Waals surface area contributed by atoms with E-state index >= 15 is 0 Å². The van der Waals surface area contributed by atoms with Crippen LogP contribution >= 0.6 is 0 Å². The molecule has 4 heteroatoms. The van der Waals surface area contributed by atoms with Crippen molar-refractivity contribution in [2.45, 2.75) is 87.9 Å². The minimum absolute atomic E-state index is 0.0445. The van der Waals surface area contributed by atoms with Crippen molar-refractivity contribution >= 4 is 11.9 Å². The van der Waals surface area contributed by atoms with Gasteiger partial charge in [0.1, 0.15) is 0 Å². The zero-order valence-corrected chi connectivity index (χ0v) is 23.1. The summed E-state index contributed by atoms with van der Waals surface area (Å²) in [5, 5.41) is 20.9. The molecule has 2 aromatic carbocycles. The third-order valence-corrected chi connectivity index (χ3v) is 12.4. The van der Waals surface area contributed by atoms with Crippen LogP contribution in [0.4, 0.5) is 0 Å². The third-order valence-electron chi connectivity index (χ3n) is 12.4. The van der Waals surface area contributed by atoms with Crippen molar-refractivity contribution in [1.29, 1.82) is 0 Å². The predicted molar refractivity (Wildman–Crippen MR) is 153 cm³/mol. The second-order valence-electron chi connectivity index (χ2n) is 14.8. The number of rotatable bonds is 5. The van der Waals surface area contributed by atoms with E-state index in [1.807, 2.05) is 18.2 Å². The molecule has 10 rings (SSSR count). The van der Waals surface area contributed by atoms with Gasteiger partial charge in [-0.3, -0.25) is 0 Å². The summed E-state index contributed by atoms with van der Waals surface area (Å²) < 4.78 is 0. The van der Waals surface area contributed by atoms with E-state index in [0.29, 0.717) is 34.4 Å². The number of carbonyl (C=O) groups is 2. The van der Waals surface area contributed by atoms with E-state index in [4.69, 9.17) is 6.42 Å². The molecule has 8 aliphatic carbocycles. The Morgan fingerprint density at radius 2 is 1.15 bits per heavy atom. The van der Waals surface area contributed by atoms with Crippen LogP contribution in [0.5, 0.6) is 0 Å². The van der Waals surface area contributed by atoms with Gasteiger partial charge in [0, 0.05) is 5.56 Å². The summed E-state index contributed by atoms with van der Waals surface area (Å²) in [6, 6.07) is 9.78. The van der Waals surface area contributed by atoms with Crippen molar-refractivity contribution in [1.82, 2.24) is 0 Å². The topological polar surface area (TPSA) is 74.6 Å². The number of aromatic carboxylic acids is 2. The molecule has 8 saturated carbocycles. The number of hydrogen-bond acceptors (Lipinski definition) is 2. The average Bonchev–Trinajstić information content (AvgIpc) is 2.90. The molecular weight excluding hydrogens is 496 g/mol. The van der Waals surface area contributed by atoms with Crippen molar-refractivity contribution < 1.29 is 19.8 Å². The lowest BCUT2D eigenvalue weighted by Gasteiger charge is -2.57. The summed E-state index contributed by atoms with van der Waals surface area (Å²) in [5.74, 6) is 5.12. The number of carboxylic acids is 2. The fraction of sp³-hybridized carbons (Fsp3) is 0.556. The highest BCUT2D eigenvalue weighted by Crippen LogP contribution is 2.62. The molecule has 0 radical (unpaired) electrons. The van der Waals surface area contributed by atoms with Gasteiger partial charge in [0.25, 0.3) is 0 Å². The Labute approximate surface area is 236 Å². The molecule has 0 atom stereocenters. The fourth-order valence-corrected chi connectivity index (χ4v) is 11.8. The quantitative estimate of drug-likeness (QED) is 0.386. The number of benzene rings is 2. The van der Waals surface area contributed by atoms with Gasteiger partial charge in [-0.1, -0.05) is 30.2 Å². The van der Waals surface area contributed by atoms with Crippen molar-refractivity contribution in [2.75, 3.05) is 0 Å². The van der Waals surface area contributed by atoms with Crippen molar-refractivity contribution in [3.63, 3.8) is 0 Å². The molecule has 8 aliphatic rings. The molecule has 8 fully saturated rings. The highest BCUT2D eigenvalue weighted by Gasteiger charge is 2.53. The summed E-state index contributed by atoms with van der Waals surface area (Å²) in [5.41, 5.74) is 3.83. The van der Waals surface area contributed by atoms with Gasteiger partial charge in [0.05, 0.1) is 11.1 Å². The van der Waals surface area contributed by atoms with Crippen LogP contribution in [0.2, 0.25) is 0 Å². The Bertz CT molecular complexity index is 1420. The molecule has 0 saturated heterocycles. The van der Waals surface area contributed by atoms with Crippen molar-refractivity contribution in [3.05, 3.63) is 58.1 Å². The average molecular weight is 535 g/mol. The Morgan fingerprint density at radius 3 is 1.60 bits per heavy atom. The van der Waals surface area contributed by atoms with Gasteiger partial charge in [-0.25, -0.2) is 9.59 Å². The first kappa shape index (κ1) is 24.7. The van der Waals surface area contributed by atoms with Crippen LogP contribution in [-0.4, -0.2) is 22.2 Å². The summed E-state index contributed by atoms with van der Waals surface area (Å²) >= 11 is 0. The van der Waals surface area contributed by atoms with Gasteiger partial charge in [0.15, 0.2) is 0 Å². The lowest BCUT2D eigenvalue weighted by atomic mass is 9.47. The normalized spacial score (nSPS) is 38.4. The van der Waals surface area contributed by atoms with Crippen LogP contribution < -0.4 is 0 Å². The smallest absolute Gasteiger partial charge is 0.337 e. The van der Waals surface area contributed by atoms with Gasteiger partial charge in [-0.2, -0.15) is 0 Å². The maximum atomic E-state index is 12.9. The Balaban J connectivity index is 1.25. The minimum Gasteiger partial charge on any atom is -0.478 e. The first-order chi connectivity index (χ1) is 19.3. The molecular formula is C36H38O4. The first-order valence-electron chi connectivity index (χ1n) is 15.5. The van der Waals surface area contributed by atoms with Crippen LogP contribution in [0.25, 0.3) is 11.1 Å². The maximum Gasteiger partial charge on any atom is 0.337 e. The molecule has 4 nitrogen and oxygen atoms in total. The molecule has 0 amide bonds. The second-order valence-corrected chi connectivity index (χ2v) is 14.8. The van der Waals surface area contributed by atoms with E-state index in [0.717, 1.165) is 67.4 Å². The molecule has 40 heavy (non-hydrogen) atoms. The first-order valence-corrected chi connectivity index (χ1v) is 15.5. The van der Waals surface area contributed by atoms with E-state index in [1.54, 1.807) is 0 Å². The molecule has 2 aromatic rings. The molecule has 2 N–H and O–H groups in total.